The van der Waals surface area contributed by atoms with Gasteiger partial charge in [-0.1, -0.05) is 23.4 Å². The van der Waals surface area contributed by atoms with Gasteiger partial charge in [0.05, 0.1) is 22.7 Å². The molecule has 8 amide bonds. The third-order valence-electron chi connectivity index (χ3n) is 10.8. The van der Waals surface area contributed by atoms with Gasteiger partial charge >= 0.3 is 0 Å². The molecule has 0 bridgehead atoms. The van der Waals surface area contributed by atoms with Crippen LogP contribution in [0, 0.1) is 0 Å². The molecule has 0 radical (unpaired) electrons. The molecule has 3 aliphatic rings. The molecule has 1 unspecified atom stereocenters. The molecule has 5 N–H and O–H groups in total. The van der Waals surface area contributed by atoms with E-state index in [9.17, 15) is 43.5 Å². The molecular weight excluding hydrogens is 819 g/mol. The first-order valence-corrected chi connectivity index (χ1v) is 20.4. The number of ether oxygens (including phenoxy) is 2. The molecule has 0 saturated carbocycles. The number of hydrogen-bond donors (Lipinski definition) is 5. The van der Waals surface area contributed by atoms with Crippen LogP contribution in [0.25, 0.3) is 11.3 Å². The lowest BCUT2D eigenvalue weighted by Gasteiger charge is -2.27. The number of phenolic OH excluding ortho intramolecular Hbond substituents is 1. The molecule has 3 heterocycles. The number of piperidine rings is 1. The zero-order valence-corrected chi connectivity index (χ0v) is 34.5. The van der Waals surface area contributed by atoms with Crippen molar-refractivity contribution in [2.75, 3.05) is 40.4 Å². The first-order valence-electron chi connectivity index (χ1n) is 20.4. The summed E-state index contributed by atoms with van der Waals surface area (Å²) < 4.78 is 16.7. The van der Waals surface area contributed by atoms with E-state index >= 15 is 0 Å². The average molecular weight is 864 g/mol. The molecule has 1 aromatic heterocycles. The maximum Gasteiger partial charge on any atom is 0.273 e. The zero-order chi connectivity index (χ0) is 44.8. The molecule has 0 spiro atoms. The molecule has 7 rings (SSSR count). The van der Waals surface area contributed by atoms with Gasteiger partial charge in [0.25, 0.3) is 35.4 Å². The summed E-state index contributed by atoms with van der Waals surface area (Å²) in [5.41, 5.74) is 2.52. The fourth-order valence-electron chi connectivity index (χ4n) is 7.56. The second kappa shape index (κ2) is 19.0. The fourth-order valence-corrected chi connectivity index (χ4v) is 7.56. The minimum atomic E-state index is -1.12. The number of nitrogens with one attached hydrogen (secondary N) is 4. The summed E-state index contributed by atoms with van der Waals surface area (Å²) in [4.78, 5) is 103. The molecule has 1 saturated heterocycles. The van der Waals surface area contributed by atoms with Crippen LogP contribution in [0.2, 0.25) is 0 Å². The topological polar surface area (TPSA) is 256 Å². The first kappa shape index (κ1) is 43.5. The second-order valence-electron chi connectivity index (χ2n) is 15.4. The van der Waals surface area contributed by atoms with Gasteiger partial charge in [-0.2, -0.15) is 0 Å². The van der Waals surface area contributed by atoms with Gasteiger partial charge in [0, 0.05) is 45.2 Å². The Balaban J connectivity index is 0.787. The Bertz CT molecular complexity index is 2500. The average Bonchev–Trinajstić information content (AvgIpc) is 3.98. The molecule has 19 nitrogen and oxygen atoms in total. The number of benzene rings is 3. The van der Waals surface area contributed by atoms with Crippen LogP contribution in [0.1, 0.15) is 97.3 Å². The van der Waals surface area contributed by atoms with Gasteiger partial charge in [-0.3, -0.25) is 48.6 Å². The van der Waals surface area contributed by atoms with Gasteiger partial charge in [0.15, 0.2) is 24.7 Å². The number of aryl methyl sites for hydroxylation is 1. The van der Waals surface area contributed by atoms with Crippen molar-refractivity contribution in [3.63, 3.8) is 0 Å². The van der Waals surface area contributed by atoms with Crippen LogP contribution in [0.4, 0.5) is 0 Å². The van der Waals surface area contributed by atoms with Crippen LogP contribution in [-0.4, -0.2) is 114 Å². The van der Waals surface area contributed by atoms with Crippen LogP contribution in [0.15, 0.2) is 65.2 Å². The summed E-state index contributed by atoms with van der Waals surface area (Å²) in [6, 6.07) is 14.3. The SMILES string of the molecule is CN(C)C(=O)c1ccc(-c2cc(C(=O)N[C@@H]3CCc4ccc(OCC(=O)NCCCCCNC(=O)COc5cccc6c5C(=O)N(C5CCC(=O)NC5=O)C6=O)cc43)no2)cc1O. The molecule has 3 aromatic carbocycles. The first-order chi connectivity index (χ1) is 30.3. The minimum Gasteiger partial charge on any atom is -0.507 e. The summed E-state index contributed by atoms with van der Waals surface area (Å²) >= 11 is 0. The monoisotopic (exact) mass is 863 g/mol. The number of unbranched alkanes of at least 4 members (excludes halogenated alkanes) is 2. The number of carbonyl (C=O) groups excluding carboxylic acids is 8. The number of carbonyl (C=O) groups is 8. The number of imide groups is 2. The van der Waals surface area contributed by atoms with Crippen molar-refractivity contribution in [1.29, 1.82) is 0 Å². The summed E-state index contributed by atoms with van der Waals surface area (Å²) in [6.07, 6.45) is 3.36. The highest BCUT2D eigenvalue weighted by Crippen LogP contribution is 2.36. The van der Waals surface area contributed by atoms with Gasteiger partial charge in [-0.25, -0.2) is 0 Å². The largest absolute Gasteiger partial charge is 0.507 e. The van der Waals surface area contributed by atoms with E-state index in [1.165, 1.54) is 41.3 Å². The predicted molar refractivity (Wildman–Crippen MR) is 221 cm³/mol. The Labute approximate surface area is 360 Å². The Morgan fingerprint density at radius 1 is 0.873 bits per heavy atom. The smallest absolute Gasteiger partial charge is 0.273 e. The number of phenols is 1. The number of aromatic hydroxyl groups is 1. The van der Waals surface area contributed by atoms with Crippen molar-refractivity contribution >= 4 is 47.3 Å². The van der Waals surface area contributed by atoms with Crippen molar-refractivity contribution in [2.45, 2.75) is 57.0 Å². The highest BCUT2D eigenvalue weighted by molar-refractivity contribution is 6.24. The highest BCUT2D eigenvalue weighted by atomic mass is 16.5. The number of aromatic nitrogens is 1. The molecule has 1 aliphatic carbocycles. The van der Waals surface area contributed by atoms with Crippen molar-refractivity contribution in [1.82, 2.24) is 36.2 Å². The highest BCUT2D eigenvalue weighted by Gasteiger charge is 2.46. The lowest BCUT2D eigenvalue weighted by Crippen LogP contribution is -2.54. The number of nitrogens with zero attached hydrogens (tertiary/aromatic N) is 3. The van der Waals surface area contributed by atoms with Gasteiger partial charge in [-0.15, -0.1) is 0 Å². The third-order valence-corrected chi connectivity index (χ3v) is 10.8. The standard InChI is InChI=1S/C44H45N7O12/c1-50(2)42(58)27-13-10-25(19-33(27)52)35-21-31(49-63-35)40(56)47-30-14-11-24-9-12-26(20-29(24)30)61-22-37(54)45-17-4-3-5-18-46-38(55)23-62-34-8-6-7-28-39(34)44(60)51(43(28)59)32-15-16-36(53)48-41(32)57/h6-10,12-13,19-21,30,32,52H,3-5,11,14-18,22-23H2,1-2H3,(H,45,54)(H,46,55)(H,47,56)(H,48,53,57)/t30-,32?/m1/s1. The number of hydrogen-bond acceptors (Lipinski definition) is 13. The van der Waals surface area contributed by atoms with E-state index in [-0.39, 0.29) is 76.9 Å². The Kier molecular flexibility index (Phi) is 13.1. The van der Waals surface area contributed by atoms with Crippen LogP contribution in [0.3, 0.4) is 0 Å². The summed E-state index contributed by atoms with van der Waals surface area (Å²) in [5.74, 6) is -3.66. The van der Waals surface area contributed by atoms with Crippen molar-refractivity contribution < 1.29 is 57.5 Å². The summed E-state index contributed by atoms with van der Waals surface area (Å²) in [7, 11) is 3.16. The molecule has 2 atom stereocenters. The van der Waals surface area contributed by atoms with E-state index in [0.717, 1.165) is 22.4 Å². The molecule has 63 heavy (non-hydrogen) atoms. The van der Waals surface area contributed by atoms with Crippen LogP contribution >= 0.6 is 0 Å². The van der Waals surface area contributed by atoms with E-state index in [0.29, 0.717) is 50.1 Å². The fraction of sp³-hybridized carbons (Fsp3) is 0.341. The van der Waals surface area contributed by atoms with E-state index in [4.69, 9.17) is 14.0 Å². The van der Waals surface area contributed by atoms with E-state index in [1.807, 2.05) is 6.07 Å². The van der Waals surface area contributed by atoms with Gasteiger partial charge in [0.2, 0.25) is 11.8 Å². The van der Waals surface area contributed by atoms with Gasteiger partial charge in [-0.05, 0) is 86.1 Å². The Hall–Kier alpha value is -7.57. The molecule has 2 aliphatic heterocycles. The van der Waals surface area contributed by atoms with E-state index in [1.54, 1.807) is 32.3 Å². The van der Waals surface area contributed by atoms with E-state index in [2.05, 4.69) is 26.4 Å². The number of amides is 8. The normalized spacial score (nSPS) is 16.5. The number of rotatable bonds is 17. The molecule has 328 valence electrons. The maximum atomic E-state index is 13.2. The molecular formula is C44H45N7O12. The summed E-state index contributed by atoms with van der Waals surface area (Å²) in [6.45, 7) is 0.106. The van der Waals surface area contributed by atoms with Crippen LogP contribution in [-0.2, 0) is 25.6 Å². The maximum absolute atomic E-state index is 13.2. The van der Waals surface area contributed by atoms with Crippen LogP contribution in [0.5, 0.6) is 17.2 Å². The quantitative estimate of drug-likeness (QED) is 0.0756. The lowest BCUT2D eigenvalue weighted by molar-refractivity contribution is -0.136. The van der Waals surface area contributed by atoms with Crippen molar-refractivity contribution in [3.05, 3.63) is 94.2 Å². The summed E-state index contributed by atoms with van der Waals surface area (Å²) in [5, 5.41) is 25.0. The van der Waals surface area contributed by atoms with Crippen molar-refractivity contribution in [2.24, 2.45) is 0 Å². The Morgan fingerprint density at radius 2 is 1.62 bits per heavy atom. The van der Waals surface area contributed by atoms with Gasteiger partial charge in [0.1, 0.15) is 23.3 Å². The van der Waals surface area contributed by atoms with Crippen molar-refractivity contribution in [3.8, 4) is 28.6 Å². The minimum absolute atomic E-state index is 0.00569. The molecule has 19 heteroatoms. The van der Waals surface area contributed by atoms with E-state index < -0.39 is 48.1 Å². The zero-order valence-electron chi connectivity index (χ0n) is 34.5. The van der Waals surface area contributed by atoms with Gasteiger partial charge < -0.3 is 40.0 Å². The predicted octanol–water partition coefficient (Wildman–Crippen LogP) is 2.43. The van der Waals surface area contributed by atoms with Crippen LogP contribution < -0.4 is 30.7 Å². The Morgan fingerprint density at radius 3 is 2.33 bits per heavy atom. The lowest BCUT2D eigenvalue weighted by atomic mass is 10.0. The second-order valence-corrected chi connectivity index (χ2v) is 15.4. The number of fused-ring (bicyclic) bond motifs is 2. The third kappa shape index (κ3) is 9.82. The molecule has 1 fully saturated rings. The molecule has 4 aromatic rings.